The number of hydrogen-bond donors (Lipinski definition) is 1. The quantitative estimate of drug-likeness (QED) is 0.467. The molecule has 5 nitrogen and oxygen atoms in total. The van der Waals surface area contributed by atoms with Crippen LogP contribution in [-0.2, 0) is 6.54 Å². The average molecular weight is 420 g/mol. The molecule has 0 radical (unpaired) electrons. The highest BCUT2D eigenvalue weighted by Gasteiger charge is 2.17. The van der Waals surface area contributed by atoms with E-state index in [1.807, 2.05) is 13.3 Å². The summed E-state index contributed by atoms with van der Waals surface area (Å²) in [5.41, 5.74) is 6.68. The zero-order chi connectivity index (χ0) is 21.5. The number of aromatic nitrogens is 4. The first-order valence-corrected chi connectivity index (χ1v) is 11.3. The van der Waals surface area contributed by atoms with E-state index in [0.717, 1.165) is 51.5 Å². The van der Waals surface area contributed by atoms with Crippen molar-refractivity contribution in [3.63, 3.8) is 0 Å². The summed E-state index contributed by atoms with van der Waals surface area (Å²) in [6.07, 6.45) is 7.10. The molecule has 6 heteroatoms. The summed E-state index contributed by atoms with van der Waals surface area (Å²) in [7, 11) is 2.22. The highest BCUT2D eigenvalue weighted by molar-refractivity contribution is 5.88. The number of likely N-dealkylation sites (tertiary alicyclic amines) is 1. The maximum atomic E-state index is 13.8. The standard InChI is InChI=1S/C25H30FN5/c1-16-13-19(26)14-21-23(16)29-25(28-21)20-6-7-22-24(17(20)2)27-15-31(22)10-4-5-18-8-11-30(3)12-9-18/h6-7,13-15,18H,4-5,8-12H2,1-3H3,(H,28,29). The van der Waals surface area contributed by atoms with Crippen LogP contribution in [0.1, 0.15) is 36.8 Å². The molecule has 1 aliphatic rings. The second-order valence-corrected chi connectivity index (χ2v) is 9.14. The Labute approximate surface area is 182 Å². The Bertz CT molecular complexity index is 1230. The lowest BCUT2D eigenvalue weighted by Crippen LogP contribution is -2.30. The van der Waals surface area contributed by atoms with Gasteiger partial charge in [-0.15, -0.1) is 0 Å². The van der Waals surface area contributed by atoms with Gasteiger partial charge < -0.3 is 14.5 Å². The van der Waals surface area contributed by atoms with E-state index in [1.165, 1.54) is 56.4 Å². The molecule has 1 fully saturated rings. The van der Waals surface area contributed by atoms with Gasteiger partial charge in [0.1, 0.15) is 11.6 Å². The maximum absolute atomic E-state index is 13.8. The fraction of sp³-hybridized carbons (Fsp3) is 0.440. The fourth-order valence-electron chi connectivity index (χ4n) is 4.98. The molecule has 5 rings (SSSR count). The highest BCUT2D eigenvalue weighted by Crippen LogP contribution is 2.30. The number of hydrogen-bond acceptors (Lipinski definition) is 3. The van der Waals surface area contributed by atoms with E-state index in [0.29, 0.717) is 0 Å². The lowest BCUT2D eigenvalue weighted by atomic mass is 9.92. The molecular weight excluding hydrogens is 389 g/mol. The van der Waals surface area contributed by atoms with Gasteiger partial charge in [0, 0.05) is 12.1 Å². The summed E-state index contributed by atoms with van der Waals surface area (Å²) in [6, 6.07) is 7.28. The largest absolute Gasteiger partial charge is 0.338 e. The second-order valence-electron chi connectivity index (χ2n) is 9.14. The third kappa shape index (κ3) is 3.85. The van der Waals surface area contributed by atoms with Crippen molar-refractivity contribution in [1.29, 1.82) is 0 Å². The van der Waals surface area contributed by atoms with Crippen molar-refractivity contribution < 1.29 is 4.39 Å². The lowest BCUT2D eigenvalue weighted by molar-refractivity contribution is 0.209. The van der Waals surface area contributed by atoms with Crippen LogP contribution < -0.4 is 0 Å². The third-order valence-electron chi connectivity index (χ3n) is 6.89. The number of piperidine rings is 1. The van der Waals surface area contributed by atoms with Crippen LogP contribution in [0.2, 0.25) is 0 Å². The van der Waals surface area contributed by atoms with Crippen molar-refractivity contribution >= 4 is 22.1 Å². The van der Waals surface area contributed by atoms with Gasteiger partial charge in [-0.3, -0.25) is 0 Å². The number of fused-ring (bicyclic) bond motifs is 2. The molecule has 1 N–H and O–H groups in total. The Morgan fingerprint density at radius 1 is 1.13 bits per heavy atom. The topological polar surface area (TPSA) is 49.7 Å². The number of aryl methyl sites for hydroxylation is 3. The van der Waals surface area contributed by atoms with Crippen LogP contribution in [0.4, 0.5) is 4.39 Å². The van der Waals surface area contributed by atoms with Crippen LogP contribution in [0.15, 0.2) is 30.6 Å². The molecule has 0 aliphatic carbocycles. The molecule has 162 valence electrons. The molecule has 0 bridgehead atoms. The molecule has 2 aromatic heterocycles. The van der Waals surface area contributed by atoms with Gasteiger partial charge >= 0.3 is 0 Å². The van der Waals surface area contributed by atoms with Crippen LogP contribution in [0.5, 0.6) is 0 Å². The summed E-state index contributed by atoms with van der Waals surface area (Å²) in [6.45, 7) is 7.45. The van der Waals surface area contributed by atoms with Gasteiger partial charge in [0.15, 0.2) is 0 Å². The van der Waals surface area contributed by atoms with Gasteiger partial charge in [0.05, 0.1) is 28.4 Å². The number of benzene rings is 2. The van der Waals surface area contributed by atoms with E-state index in [2.05, 4.69) is 40.6 Å². The van der Waals surface area contributed by atoms with Gasteiger partial charge in [-0.25, -0.2) is 14.4 Å². The second kappa shape index (κ2) is 8.08. The van der Waals surface area contributed by atoms with Crippen molar-refractivity contribution in [2.24, 2.45) is 5.92 Å². The molecule has 0 saturated carbocycles. The average Bonchev–Trinajstić information content (AvgIpc) is 3.35. The summed E-state index contributed by atoms with van der Waals surface area (Å²) in [4.78, 5) is 15.2. The monoisotopic (exact) mass is 419 g/mol. The van der Waals surface area contributed by atoms with Crippen molar-refractivity contribution in [1.82, 2.24) is 24.4 Å². The predicted molar refractivity (Wildman–Crippen MR) is 124 cm³/mol. The minimum Gasteiger partial charge on any atom is -0.338 e. The van der Waals surface area contributed by atoms with Crippen LogP contribution in [-0.4, -0.2) is 44.6 Å². The number of aromatic amines is 1. The van der Waals surface area contributed by atoms with Crippen LogP contribution in [0.25, 0.3) is 33.5 Å². The normalized spacial score (nSPS) is 16.0. The highest BCUT2D eigenvalue weighted by atomic mass is 19.1. The summed E-state index contributed by atoms with van der Waals surface area (Å²) in [5, 5.41) is 0. The Kier molecular flexibility index (Phi) is 5.26. The van der Waals surface area contributed by atoms with Gasteiger partial charge in [-0.1, -0.05) is 0 Å². The zero-order valence-corrected chi connectivity index (χ0v) is 18.6. The molecule has 0 amide bonds. The molecule has 2 aromatic carbocycles. The SMILES string of the molecule is Cc1cc(F)cc2[nH]c(-c3ccc4c(ncn4CCCC4CCN(C)CC4)c3C)nc12. The Morgan fingerprint density at radius 2 is 1.94 bits per heavy atom. The van der Waals surface area contributed by atoms with Crippen LogP contribution in [0, 0.1) is 25.6 Å². The summed E-state index contributed by atoms with van der Waals surface area (Å²) < 4.78 is 16.1. The first-order valence-electron chi connectivity index (χ1n) is 11.3. The molecule has 0 atom stereocenters. The minimum atomic E-state index is -0.244. The lowest BCUT2D eigenvalue weighted by Gasteiger charge is -2.28. The number of H-pyrrole nitrogens is 1. The fourth-order valence-corrected chi connectivity index (χ4v) is 4.98. The number of rotatable bonds is 5. The van der Waals surface area contributed by atoms with Gasteiger partial charge in [0.2, 0.25) is 0 Å². The van der Waals surface area contributed by atoms with E-state index in [1.54, 1.807) is 0 Å². The first-order chi connectivity index (χ1) is 15.0. The molecule has 0 spiro atoms. The van der Waals surface area contributed by atoms with Crippen molar-refractivity contribution in [3.8, 4) is 11.4 Å². The predicted octanol–water partition coefficient (Wildman–Crippen LogP) is 5.46. The number of halogens is 1. The molecule has 1 aliphatic heterocycles. The van der Waals surface area contributed by atoms with E-state index in [4.69, 9.17) is 9.97 Å². The van der Waals surface area contributed by atoms with Crippen molar-refractivity contribution in [3.05, 3.63) is 47.5 Å². The Morgan fingerprint density at radius 3 is 2.74 bits per heavy atom. The van der Waals surface area contributed by atoms with E-state index < -0.39 is 0 Å². The maximum Gasteiger partial charge on any atom is 0.138 e. The molecule has 31 heavy (non-hydrogen) atoms. The Balaban J connectivity index is 1.37. The molecular formula is C25H30FN5. The minimum absolute atomic E-state index is 0.244. The summed E-state index contributed by atoms with van der Waals surface area (Å²) in [5.74, 6) is 1.38. The number of nitrogens with zero attached hydrogens (tertiary/aromatic N) is 4. The van der Waals surface area contributed by atoms with Gasteiger partial charge in [0.25, 0.3) is 0 Å². The first kappa shape index (κ1) is 20.2. The molecule has 1 saturated heterocycles. The summed E-state index contributed by atoms with van der Waals surface area (Å²) >= 11 is 0. The molecule has 0 unspecified atom stereocenters. The van der Waals surface area contributed by atoms with Crippen LogP contribution in [0.3, 0.4) is 0 Å². The van der Waals surface area contributed by atoms with E-state index in [9.17, 15) is 4.39 Å². The Hall–Kier alpha value is -2.73. The van der Waals surface area contributed by atoms with Gasteiger partial charge in [-0.05, 0) is 101 Å². The third-order valence-corrected chi connectivity index (χ3v) is 6.89. The molecule has 4 aromatic rings. The van der Waals surface area contributed by atoms with E-state index >= 15 is 0 Å². The van der Waals surface area contributed by atoms with Crippen LogP contribution >= 0.6 is 0 Å². The number of imidazole rings is 2. The number of nitrogens with one attached hydrogen (secondary N) is 1. The van der Waals surface area contributed by atoms with Crippen molar-refractivity contribution in [2.75, 3.05) is 20.1 Å². The van der Waals surface area contributed by atoms with Gasteiger partial charge in [-0.2, -0.15) is 0 Å². The smallest absolute Gasteiger partial charge is 0.138 e. The van der Waals surface area contributed by atoms with Crippen molar-refractivity contribution in [2.45, 2.75) is 46.1 Å². The molecule has 3 heterocycles. The zero-order valence-electron chi connectivity index (χ0n) is 18.6. The van der Waals surface area contributed by atoms with E-state index in [-0.39, 0.29) is 5.82 Å².